The topological polar surface area (TPSA) is 95.4 Å². The van der Waals surface area contributed by atoms with E-state index in [-0.39, 0.29) is 11.0 Å². The summed E-state index contributed by atoms with van der Waals surface area (Å²) in [7, 11) is 3.66. The molecule has 2 aromatic carbocycles. The largest absolute Gasteiger partial charge is 0.369 e. The van der Waals surface area contributed by atoms with Crippen LogP contribution in [0.25, 0.3) is 16.7 Å². The number of carbonyl (C=O) groups is 1. The Kier molecular flexibility index (Phi) is 6.29. The van der Waals surface area contributed by atoms with Crippen LogP contribution in [0.1, 0.15) is 27.9 Å². The minimum atomic E-state index is -0.435. The molecule has 194 valence electrons. The molecule has 0 unspecified atom stereocenters. The van der Waals surface area contributed by atoms with Gasteiger partial charge in [0.15, 0.2) is 5.65 Å². The predicted octanol–water partition coefficient (Wildman–Crippen LogP) is 3.12. The molecule has 1 amide bonds. The molecule has 1 fully saturated rings. The quantitative estimate of drug-likeness (QED) is 0.427. The van der Waals surface area contributed by atoms with Crippen molar-refractivity contribution in [3.05, 3.63) is 81.8 Å². The summed E-state index contributed by atoms with van der Waals surface area (Å²) in [5.41, 5.74) is 5.65. The number of fused-ring (bicyclic) bond motifs is 2. The van der Waals surface area contributed by atoms with Gasteiger partial charge in [-0.15, -0.1) is 0 Å². The van der Waals surface area contributed by atoms with Crippen LogP contribution in [0.15, 0.2) is 59.7 Å². The number of pyridine rings is 1. The Morgan fingerprint density at radius 1 is 0.974 bits per heavy atom. The Balaban J connectivity index is 1.40. The van der Waals surface area contributed by atoms with E-state index >= 15 is 0 Å². The summed E-state index contributed by atoms with van der Waals surface area (Å²) in [5.74, 6) is -0.0511. The molecule has 9 nitrogen and oxygen atoms in total. The second-order valence-electron chi connectivity index (χ2n) is 10.0. The molecule has 0 radical (unpaired) electrons. The Bertz CT molecular complexity index is 1590. The van der Waals surface area contributed by atoms with Gasteiger partial charge in [0.25, 0.3) is 5.91 Å². The van der Waals surface area contributed by atoms with Gasteiger partial charge in [-0.05, 0) is 67.8 Å². The first-order chi connectivity index (χ1) is 18.5. The molecule has 0 spiro atoms. The number of hydrogen-bond donors (Lipinski definition) is 2. The maximum Gasteiger partial charge on any atom is 0.256 e. The van der Waals surface area contributed by atoms with Crippen LogP contribution in [0.4, 0.5) is 17.3 Å². The number of likely N-dealkylation sites (N-methyl/N-ethyl adjacent to an activating group) is 1. The lowest BCUT2D eigenvalue weighted by Crippen LogP contribution is -2.44. The van der Waals surface area contributed by atoms with Crippen LogP contribution >= 0.6 is 0 Å². The minimum absolute atomic E-state index is 0.0599. The highest BCUT2D eigenvalue weighted by Crippen LogP contribution is 2.27. The zero-order valence-corrected chi connectivity index (χ0v) is 21.7. The van der Waals surface area contributed by atoms with E-state index in [1.807, 2.05) is 22.8 Å². The van der Waals surface area contributed by atoms with Gasteiger partial charge in [0.1, 0.15) is 5.56 Å². The number of aromatic nitrogens is 3. The van der Waals surface area contributed by atoms with E-state index in [1.54, 1.807) is 6.20 Å². The number of nitrogens with one attached hydrogen (secondary N) is 2. The number of amides is 1. The summed E-state index contributed by atoms with van der Waals surface area (Å²) in [6.45, 7) is 4.02. The lowest BCUT2D eigenvalue weighted by molar-refractivity contribution is 0.0961. The molecule has 1 aliphatic heterocycles. The Labute approximate surface area is 221 Å². The number of anilines is 3. The molecule has 0 atom stereocenters. The van der Waals surface area contributed by atoms with Crippen molar-refractivity contribution in [2.45, 2.75) is 19.3 Å². The third-order valence-electron chi connectivity index (χ3n) is 7.55. The third kappa shape index (κ3) is 4.50. The molecule has 1 saturated heterocycles. The molecule has 2 aliphatic rings. The first kappa shape index (κ1) is 24.1. The van der Waals surface area contributed by atoms with E-state index < -0.39 is 5.91 Å². The lowest BCUT2D eigenvalue weighted by atomic mass is 10.1. The van der Waals surface area contributed by atoms with Crippen LogP contribution in [0.2, 0.25) is 0 Å². The molecule has 9 heteroatoms. The molecule has 3 heterocycles. The first-order valence-electron chi connectivity index (χ1n) is 13.1. The van der Waals surface area contributed by atoms with Gasteiger partial charge in [0.05, 0.1) is 5.39 Å². The number of nitrogens with zero attached hydrogens (tertiary/aromatic N) is 5. The third-order valence-corrected chi connectivity index (χ3v) is 7.55. The Morgan fingerprint density at radius 3 is 2.61 bits per heavy atom. The van der Waals surface area contributed by atoms with Gasteiger partial charge in [0.2, 0.25) is 11.4 Å². The van der Waals surface area contributed by atoms with Crippen LogP contribution in [-0.4, -0.2) is 65.6 Å². The van der Waals surface area contributed by atoms with Crippen molar-refractivity contribution in [3.63, 3.8) is 0 Å². The second-order valence-corrected chi connectivity index (χ2v) is 10.0. The highest BCUT2D eigenvalue weighted by atomic mass is 16.2. The smallest absolute Gasteiger partial charge is 0.256 e. The highest BCUT2D eigenvalue weighted by Gasteiger charge is 2.19. The summed E-state index contributed by atoms with van der Waals surface area (Å²) < 4.78 is 1.83. The molecule has 2 N–H and O–H groups in total. The van der Waals surface area contributed by atoms with E-state index in [2.05, 4.69) is 56.7 Å². The number of piperazine rings is 1. The highest BCUT2D eigenvalue weighted by molar-refractivity contribution is 5.97. The summed E-state index contributed by atoms with van der Waals surface area (Å²) in [6.07, 6.45) is 6.33. The van der Waals surface area contributed by atoms with Gasteiger partial charge in [-0.1, -0.05) is 12.1 Å². The number of benzene rings is 2. The number of rotatable bonds is 5. The SMILES string of the molecule is CNC(=O)c1cn(-c2ccc3c(c2)CCC3)c2nc(Nc3cccc(N4CCN(C)CC4)c3)ncc2c1=O. The molecule has 38 heavy (non-hydrogen) atoms. The molecule has 2 aromatic heterocycles. The zero-order valence-electron chi connectivity index (χ0n) is 21.7. The van der Waals surface area contributed by atoms with Crippen molar-refractivity contribution in [2.24, 2.45) is 0 Å². The van der Waals surface area contributed by atoms with Crippen molar-refractivity contribution in [1.82, 2.24) is 24.8 Å². The maximum atomic E-state index is 13.2. The molecule has 1 aliphatic carbocycles. The van der Waals surface area contributed by atoms with Gasteiger partial charge in [0, 0.05) is 62.7 Å². The van der Waals surface area contributed by atoms with Gasteiger partial charge in [-0.25, -0.2) is 4.98 Å². The maximum absolute atomic E-state index is 13.2. The summed E-state index contributed by atoms with van der Waals surface area (Å²) in [5, 5.41) is 6.19. The molecule has 4 aromatic rings. The van der Waals surface area contributed by atoms with Crippen molar-refractivity contribution in [2.75, 3.05) is 50.5 Å². The molecule has 0 saturated carbocycles. The normalized spacial score (nSPS) is 15.5. The molecule has 6 rings (SSSR count). The standard InChI is InChI=1S/C29H31N7O2/c1-30-28(38)25-18-36(23-10-9-19-5-3-6-20(19)15-23)27-24(26(25)37)17-31-29(33-27)32-21-7-4-8-22(16-21)35-13-11-34(2)12-14-35/h4,7-10,15-18H,3,5-6,11-14H2,1-2H3,(H,30,38)(H,31,32,33). The monoisotopic (exact) mass is 509 g/mol. The Hall–Kier alpha value is -4.24. The average Bonchev–Trinajstić information content (AvgIpc) is 3.41. The number of hydrogen-bond acceptors (Lipinski definition) is 7. The van der Waals surface area contributed by atoms with E-state index in [0.717, 1.165) is 62.5 Å². The van der Waals surface area contributed by atoms with Crippen LogP contribution in [0, 0.1) is 0 Å². The van der Waals surface area contributed by atoms with Crippen molar-refractivity contribution in [3.8, 4) is 5.69 Å². The second kappa shape index (κ2) is 9.90. The Morgan fingerprint density at radius 2 is 1.79 bits per heavy atom. The van der Waals surface area contributed by atoms with Crippen LogP contribution in [0.3, 0.4) is 0 Å². The molecule has 0 bridgehead atoms. The lowest BCUT2D eigenvalue weighted by Gasteiger charge is -2.34. The van der Waals surface area contributed by atoms with E-state index in [1.165, 1.54) is 24.4 Å². The van der Waals surface area contributed by atoms with Crippen molar-refractivity contribution in [1.29, 1.82) is 0 Å². The van der Waals surface area contributed by atoms with E-state index in [4.69, 9.17) is 4.98 Å². The fraction of sp³-hybridized carbons (Fsp3) is 0.310. The number of carbonyl (C=O) groups excluding carboxylic acids is 1. The predicted molar refractivity (Wildman–Crippen MR) is 150 cm³/mol. The van der Waals surface area contributed by atoms with Crippen molar-refractivity contribution >= 4 is 34.3 Å². The van der Waals surface area contributed by atoms with Gasteiger partial charge >= 0.3 is 0 Å². The van der Waals surface area contributed by atoms with Gasteiger partial charge in [-0.2, -0.15) is 4.98 Å². The fourth-order valence-electron chi connectivity index (χ4n) is 5.35. The van der Waals surface area contributed by atoms with Crippen LogP contribution in [0.5, 0.6) is 0 Å². The molecular formula is C29H31N7O2. The number of aryl methyl sites for hydroxylation is 2. The zero-order chi connectivity index (χ0) is 26.2. The fourth-order valence-corrected chi connectivity index (χ4v) is 5.35. The summed E-state index contributed by atoms with van der Waals surface area (Å²) in [4.78, 5) is 39.7. The molecular weight excluding hydrogens is 478 g/mol. The van der Waals surface area contributed by atoms with E-state index in [9.17, 15) is 9.59 Å². The van der Waals surface area contributed by atoms with Gasteiger partial charge in [-0.3, -0.25) is 9.59 Å². The van der Waals surface area contributed by atoms with E-state index in [0.29, 0.717) is 17.0 Å². The first-order valence-corrected chi connectivity index (χ1v) is 13.1. The van der Waals surface area contributed by atoms with Crippen LogP contribution < -0.4 is 21.0 Å². The average molecular weight is 510 g/mol. The summed E-state index contributed by atoms with van der Waals surface area (Å²) >= 11 is 0. The summed E-state index contributed by atoms with van der Waals surface area (Å²) in [6, 6.07) is 14.5. The minimum Gasteiger partial charge on any atom is -0.369 e. The van der Waals surface area contributed by atoms with Crippen LogP contribution in [-0.2, 0) is 12.8 Å². The van der Waals surface area contributed by atoms with Crippen molar-refractivity contribution < 1.29 is 4.79 Å². The van der Waals surface area contributed by atoms with Gasteiger partial charge < -0.3 is 25.0 Å².